The molecule has 0 spiro atoms. The molecule has 4 N–H and O–H groups in total. The Morgan fingerprint density at radius 1 is 0.947 bits per heavy atom. The third-order valence-electron chi connectivity index (χ3n) is 2.22. The standard InChI is InChI=1S/C14H14N4O/c15-14(16)18-17-10-11-5-4-8-13(9-11)19-12-6-2-1-3-7-12/h1-10H,(H4,15,16,18)/b17-10-. The highest BCUT2D eigenvalue weighted by molar-refractivity contribution is 5.82. The summed E-state index contributed by atoms with van der Waals surface area (Å²) in [7, 11) is 0. The van der Waals surface area contributed by atoms with Gasteiger partial charge in [-0.2, -0.15) is 5.10 Å². The Hall–Kier alpha value is -2.82. The molecule has 0 radical (unpaired) electrons. The number of nitrogens with zero attached hydrogens (tertiary/aromatic N) is 2. The van der Waals surface area contributed by atoms with Crippen molar-refractivity contribution in [1.82, 2.24) is 0 Å². The predicted molar refractivity (Wildman–Crippen MR) is 76.4 cm³/mol. The summed E-state index contributed by atoms with van der Waals surface area (Å²) in [5, 5.41) is 7.28. The van der Waals surface area contributed by atoms with Gasteiger partial charge in [-0.05, 0) is 29.8 Å². The predicted octanol–water partition coefficient (Wildman–Crippen LogP) is 2.09. The number of hydrogen-bond donors (Lipinski definition) is 2. The molecule has 0 bridgehead atoms. The fourth-order valence-corrected chi connectivity index (χ4v) is 1.45. The summed E-state index contributed by atoms with van der Waals surface area (Å²) in [6.45, 7) is 0. The third-order valence-corrected chi connectivity index (χ3v) is 2.22. The van der Waals surface area contributed by atoms with E-state index < -0.39 is 0 Å². The second-order valence-corrected chi connectivity index (χ2v) is 3.76. The molecule has 2 aromatic rings. The first-order valence-electron chi connectivity index (χ1n) is 5.69. The molecule has 0 amide bonds. The van der Waals surface area contributed by atoms with Crippen molar-refractivity contribution in [2.24, 2.45) is 21.7 Å². The van der Waals surface area contributed by atoms with E-state index in [4.69, 9.17) is 16.2 Å². The maximum absolute atomic E-state index is 5.70. The molecule has 0 saturated heterocycles. The molecule has 0 aliphatic rings. The van der Waals surface area contributed by atoms with Crippen molar-refractivity contribution in [2.45, 2.75) is 0 Å². The summed E-state index contributed by atoms with van der Waals surface area (Å²) >= 11 is 0. The van der Waals surface area contributed by atoms with E-state index in [0.717, 1.165) is 17.1 Å². The molecule has 0 heterocycles. The minimum atomic E-state index is -0.0760. The van der Waals surface area contributed by atoms with Crippen LogP contribution in [-0.4, -0.2) is 12.2 Å². The zero-order chi connectivity index (χ0) is 13.5. The first-order valence-corrected chi connectivity index (χ1v) is 5.69. The van der Waals surface area contributed by atoms with Crippen molar-refractivity contribution in [1.29, 1.82) is 0 Å². The molecule has 2 rings (SSSR count). The van der Waals surface area contributed by atoms with Gasteiger partial charge in [0.2, 0.25) is 5.96 Å². The zero-order valence-electron chi connectivity index (χ0n) is 10.2. The Labute approximate surface area is 111 Å². The second kappa shape index (κ2) is 6.20. The number of ether oxygens (including phenoxy) is 1. The van der Waals surface area contributed by atoms with Crippen LogP contribution < -0.4 is 16.2 Å². The molecule has 0 saturated carbocycles. The average Bonchev–Trinajstić information content (AvgIpc) is 2.40. The lowest BCUT2D eigenvalue weighted by Crippen LogP contribution is -2.21. The quantitative estimate of drug-likeness (QED) is 0.497. The van der Waals surface area contributed by atoms with Gasteiger partial charge in [-0.1, -0.05) is 30.3 Å². The Balaban J connectivity index is 2.11. The van der Waals surface area contributed by atoms with Gasteiger partial charge >= 0.3 is 0 Å². The largest absolute Gasteiger partial charge is 0.457 e. The lowest BCUT2D eigenvalue weighted by atomic mass is 10.2. The Bertz CT molecular complexity index is 589. The molecule has 0 atom stereocenters. The van der Waals surface area contributed by atoms with Crippen LogP contribution in [0.15, 0.2) is 64.8 Å². The molecule has 0 aliphatic carbocycles. The van der Waals surface area contributed by atoms with E-state index in [1.54, 1.807) is 6.21 Å². The molecule has 0 aromatic heterocycles. The van der Waals surface area contributed by atoms with Gasteiger partial charge in [0.15, 0.2) is 0 Å². The monoisotopic (exact) mass is 254 g/mol. The van der Waals surface area contributed by atoms with Crippen LogP contribution in [0.5, 0.6) is 11.5 Å². The molecule has 0 aliphatic heterocycles. The minimum absolute atomic E-state index is 0.0760. The molecular weight excluding hydrogens is 240 g/mol. The Morgan fingerprint density at radius 2 is 1.68 bits per heavy atom. The fraction of sp³-hybridized carbons (Fsp3) is 0. The van der Waals surface area contributed by atoms with Crippen LogP contribution >= 0.6 is 0 Å². The maximum Gasteiger partial charge on any atom is 0.211 e. The van der Waals surface area contributed by atoms with Gasteiger partial charge in [0.25, 0.3) is 0 Å². The van der Waals surface area contributed by atoms with Gasteiger partial charge < -0.3 is 16.2 Å². The number of hydrogen-bond acceptors (Lipinski definition) is 3. The van der Waals surface area contributed by atoms with E-state index in [0.29, 0.717) is 0 Å². The second-order valence-electron chi connectivity index (χ2n) is 3.76. The lowest BCUT2D eigenvalue weighted by molar-refractivity contribution is 0.482. The number of nitrogens with two attached hydrogens (primary N) is 2. The van der Waals surface area contributed by atoms with Gasteiger partial charge in [0, 0.05) is 0 Å². The molecule has 19 heavy (non-hydrogen) atoms. The molecule has 0 fully saturated rings. The van der Waals surface area contributed by atoms with E-state index in [2.05, 4.69) is 10.2 Å². The summed E-state index contributed by atoms with van der Waals surface area (Å²) in [6, 6.07) is 17.0. The number of guanidine groups is 1. The van der Waals surface area contributed by atoms with Crippen molar-refractivity contribution < 1.29 is 4.74 Å². The minimum Gasteiger partial charge on any atom is -0.457 e. The normalized spacial score (nSPS) is 10.3. The van der Waals surface area contributed by atoms with Crippen LogP contribution in [0.1, 0.15) is 5.56 Å². The number of para-hydroxylation sites is 1. The average molecular weight is 254 g/mol. The number of benzene rings is 2. The van der Waals surface area contributed by atoms with Crippen LogP contribution in [0.2, 0.25) is 0 Å². The van der Waals surface area contributed by atoms with E-state index in [9.17, 15) is 0 Å². The highest BCUT2D eigenvalue weighted by Crippen LogP contribution is 2.21. The van der Waals surface area contributed by atoms with Gasteiger partial charge in [0.05, 0.1) is 6.21 Å². The highest BCUT2D eigenvalue weighted by atomic mass is 16.5. The third kappa shape index (κ3) is 4.16. The van der Waals surface area contributed by atoms with E-state index in [-0.39, 0.29) is 5.96 Å². The van der Waals surface area contributed by atoms with Gasteiger partial charge in [0.1, 0.15) is 11.5 Å². The van der Waals surface area contributed by atoms with Crippen LogP contribution in [0, 0.1) is 0 Å². The van der Waals surface area contributed by atoms with Crippen LogP contribution in [0.25, 0.3) is 0 Å². The molecule has 2 aromatic carbocycles. The summed E-state index contributed by atoms with van der Waals surface area (Å²) in [5.41, 5.74) is 11.2. The highest BCUT2D eigenvalue weighted by Gasteiger charge is 1.97. The van der Waals surface area contributed by atoms with E-state index in [1.807, 2.05) is 54.6 Å². The Kier molecular flexibility index (Phi) is 4.12. The molecule has 96 valence electrons. The fourth-order valence-electron chi connectivity index (χ4n) is 1.45. The first-order chi connectivity index (χ1) is 9.24. The lowest BCUT2D eigenvalue weighted by Gasteiger charge is -2.05. The summed E-state index contributed by atoms with van der Waals surface area (Å²) in [5.74, 6) is 1.42. The Morgan fingerprint density at radius 3 is 2.42 bits per heavy atom. The zero-order valence-corrected chi connectivity index (χ0v) is 10.2. The van der Waals surface area contributed by atoms with E-state index >= 15 is 0 Å². The molecule has 5 heteroatoms. The van der Waals surface area contributed by atoms with Crippen molar-refractivity contribution in [3.8, 4) is 11.5 Å². The molecule has 0 unspecified atom stereocenters. The van der Waals surface area contributed by atoms with Gasteiger partial charge in [-0.25, -0.2) is 0 Å². The van der Waals surface area contributed by atoms with Crippen LogP contribution in [-0.2, 0) is 0 Å². The van der Waals surface area contributed by atoms with Crippen molar-refractivity contribution >= 4 is 12.2 Å². The number of rotatable bonds is 4. The maximum atomic E-state index is 5.70. The van der Waals surface area contributed by atoms with Crippen molar-refractivity contribution in [2.75, 3.05) is 0 Å². The van der Waals surface area contributed by atoms with Crippen LogP contribution in [0.4, 0.5) is 0 Å². The smallest absolute Gasteiger partial charge is 0.211 e. The van der Waals surface area contributed by atoms with Crippen LogP contribution in [0.3, 0.4) is 0 Å². The first kappa shape index (κ1) is 12.6. The topological polar surface area (TPSA) is 86.0 Å². The van der Waals surface area contributed by atoms with E-state index in [1.165, 1.54) is 0 Å². The molecule has 5 nitrogen and oxygen atoms in total. The summed E-state index contributed by atoms with van der Waals surface area (Å²) in [6.07, 6.45) is 1.55. The van der Waals surface area contributed by atoms with Gasteiger partial charge in [-0.3, -0.25) is 0 Å². The van der Waals surface area contributed by atoms with Crippen molar-refractivity contribution in [3.63, 3.8) is 0 Å². The molecular formula is C14H14N4O. The summed E-state index contributed by atoms with van der Waals surface area (Å²) in [4.78, 5) is 0. The summed E-state index contributed by atoms with van der Waals surface area (Å²) < 4.78 is 5.70. The van der Waals surface area contributed by atoms with Crippen molar-refractivity contribution in [3.05, 3.63) is 60.2 Å². The SMILES string of the molecule is NC(N)=N/N=C\c1cccc(Oc2ccccc2)c1. The van der Waals surface area contributed by atoms with Gasteiger partial charge in [-0.15, -0.1) is 5.10 Å².